The molecule has 0 spiro atoms. The highest BCUT2D eigenvalue weighted by atomic mass is 35.5. The molecule has 3 aromatic rings. The van der Waals surface area contributed by atoms with Crippen LogP contribution in [-0.2, 0) is 11.2 Å². The molecule has 3 rings (SSSR count). The second-order valence-electron chi connectivity index (χ2n) is 5.60. The van der Waals surface area contributed by atoms with Crippen LogP contribution in [0.3, 0.4) is 0 Å². The fourth-order valence-corrected chi connectivity index (χ4v) is 2.64. The molecule has 0 saturated heterocycles. The first kappa shape index (κ1) is 16.6. The summed E-state index contributed by atoms with van der Waals surface area (Å²) < 4.78 is 5.09. The molecule has 0 unspecified atom stereocenters. The standard InChI is InChI=1S/C20H19ClN2O/c1-24-12-2-3-15-4-6-16(7-5-15)18-13-22-20(23-14-18)17-8-10-19(21)11-9-17/h4-11,13-14H,2-3,12H2,1H3. The monoisotopic (exact) mass is 338 g/mol. The van der Waals surface area contributed by atoms with Crippen LogP contribution in [0.25, 0.3) is 22.5 Å². The summed E-state index contributed by atoms with van der Waals surface area (Å²) in [6.45, 7) is 0.793. The van der Waals surface area contributed by atoms with Crippen molar-refractivity contribution >= 4 is 11.6 Å². The lowest BCUT2D eigenvalue weighted by atomic mass is 10.0. The van der Waals surface area contributed by atoms with Crippen molar-refractivity contribution in [2.75, 3.05) is 13.7 Å². The van der Waals surface area contributed by atoms with Crippen LogP contribution in [0.15, 0.2) is 60.9 Å². The second kappa shape index (κ2) is 8.04. The van der Waals surface area contributed by atoms with Crippen molar-refractivity contribution < 1.29 is 4.74 Å². The van der Waals surface area contributed by atoms with Gasteiger partial charge < -0.3 is 4.74 Å². The van der Waals surface area contributed by atoms with Gasteiger partial charge >= 0.3 is 0 Å². The number of ether oxygens (including phenoxy) is 1. The summed E-state index contributed by atoms with van der Waals surface area (Å²) in [6, 6.07) is 16.1. The Kier molecular flexibility index (Phi) is 5.57. The number of benzene rings is 2. The lowest BCUT2D eigenvalue weighted by Gasteiger charge is -2.05. The molecular formula is C20H19ClN2O. The fourth-order valence-electron chi connectivity index (χ4n) is 2.51. The first-order valence-corrected chi connectivity index (χ1v) is 8.30. The van der Waals surface area contributed by atoms with Gasteiger partial charge in [-0.05, 0) is 48.2 Å². The molecule has 3 nitrogen and oxygen atoms in total. The molecule has 0 aliphatic carbocycles. The molecule has 2 aromatic carbocycles. The van der Waals surface area contributed by atoms with Crippen LogP contribution >= 0.6 is 11.6 Å². The van der Waals surface area contributed by atoms with E-state index in [2.05, 4.69) is 34.2 Å². The molecule has 0 N–H and O–H groups in total. The minimum absolute atomic E-state index is 0.701. The van der Waals surface area contributed by atoms with E-state index >= 15 is 0 Å². The largest absolute Gasteiger partial charge is 0.385 e. The van der Waals surface area contributed by atoms with Crippen molar-refractivity contribution in [1.29, 1.82) is 0 Å². The lowest BCUT2D eigenvalue weighted by Crippen LogP contribution is -1.93. The summed E-state index contributed by atoms with van der Waals surface area (Å²) in [5.41, 5.74) is 4.40. The fraction of sp³-hybridized carbons (Fsp3) is 0.200. The topological polar surface area (TPSA) is 35.0 Å². The van der Waals surface area contributed by atoms with E-state index in [1.165, 1.54) is 5.56 Å². The number of hydrogen-bond donors (Lipinski definition) is 0. The van der Waals surface area contributed by atoms with Crippen LogP contribution in [-0.4, -0.2) is 23.7 Å². The minimum atomic E-state index is 0.701. The van der Waals surface area contributed by atoms with Gasteiger partial charge in [0.1, 0.15) is 0 Å². The summed E-state index contributed by atoms with van der Waals surface area (Å²) in [6.07, 6.45) is 5.78. The molecule has 0 radical (unpaired) electrons. The molecule has 1 heterocycles. The Morgan fingerprint density at radius 1 is 0.833 bits per heavy atom. The first-order valence-electron chi connectivity index (χ1n) is 7.92. The van der Waals surface area contributed by atoms with E-state index in [-0.39, 0.29) is 0 Å². The van der Waals surface area contributed by atoms with Gasteiger partial charge in [0.15, 0.2) is 5.82 Å². The van der Waals surface area contributed by atoms with Crippen molar-refractivity contribution in [3.05, 3.63) is 71.5 Å². The molecule has 4 heteroatoms. The van der Waals surface area contributed by atoms with Crippen molar-refractivity contribution in [2.24, 2.45) is 0 Å². The normalized spacial score (nSPS) is 10.8. The van der Waals surface area contributed by atoms with Gasteiger partial charge in [-0.2, -0.15) is 0 Å². The third-order valence-corrected chi connectivity index (χ3v) is 4.11. The van der Waals surface area contributed by atoms with Gasteiger partial charge in [-0.1, -0.05) is 35.9 Å². The maximum Gasteiger partial charge on any atom is 0.159 e. The van der Waals surface area contributed by atoms with E-state index in [9.17, 15) is 0 Å². The lowest BCUT2D eigenvalue weighted by molar-refractivity contribution is 0.195. The number of methoxy groups -OCH3 is 1. The van der Waals surface area contributed by atoms with Crippen LogP contribution in [0.2, 0.25) is 5.02 Å². The summed E-state index contributed by atoms with van der Waals surface area (Å²) in [7, 11) is 1.73. The van der Waals surface area contributed by atoms with Crippen LogP contribution in [0.5, 0.6) is 0 Å². The first-order chi connectivity index (χ1) is 11.8. The van der Waals surface area contributed by atoms with Crippen molar-refractivity contribution in [1.82, 2.24) is 9.97 Å². The molecular weight excluding hydrogens is 320 g/mol. The molecule has 0 amide bonds. The van der Waals surface area contributed by atoms with E-state index in [0.717, 1.165) is 36.1 Å². The van der Waals surface area contributed by atoms with Crippen LogP contribution in [0, 0.1) is 0 Å². The molecule has 0 aliphatic heterocycles. The van der Waals surface area contributed by atoms with E-state index < -0.39 is 0 Å². The van der Waals surface area contributed by atoms with E-state index in [1.807, 2.05) is 36.7 Å². The summed E-state index contributed by atoms with van der Waals surface area (Å²) in [4.78, 5) is 8.93. The number of hydrogen-bond acceptors (Lipinski definition) is 3. The number of aromatic nitrogens is 2. The Balaban J connectivity index is 1.72. The quantitative estimate of drug-likeness (QED) is 0.590. The van der Waals surface area contributed by atoms with Gasteiger partial charge in [0.25, 0.3) is 0 Å². The highest BCUT2D eigenvalue weighted by Gasteiger charge is 2.04. The molecule has 0 aliphatic rings. The third kappa shape index (κ3) is 4.19. The van der Waals surface area contributed by atoms with Crippen molar-refractivity contribution in [2.45, 2.75) is 12.8 Å². The molecule has 0 atom stereocenters. The minimum Gasteiger partial charge on any atom is -0.385 e. The maximum absolute atomic E-state index is 5.91. The highest BCUT2D eigenvalue weighted by Crippen LogP contribution is 2.22. The summed E-state index contributed by atoms with van der Waals surface area (Å²) in [5, 5.41) is 0.709. The summed E-state index contributed by atoms with van der Waals surface area (Å²) in [5.74, 6) is 0.701. The Hall–Kier alpha value is -2.23. The number of rotatable bonds is 6. The van der Waals surface area contributed by atoms with Crippen molar-refractivity contribution in [3.63, 3.8) is 0 Å². The molecule has 24 heavy (non-hydrogen) atoms. The molecule has 122 valence electrons. The van der Waals surface area contributed by atoms with E-state index in [0.29, 0.717) is 10.8 Å². The SMILES string of the molecule is COCCCc1ccc(-c2cnc(-c3ccc(Cl)cc3)nc2)cc1. The van der Waals surface area contributed by atoms with Gasteiger partial charge in [0, 0.05) is 42.3 Å². The predicted molar refractivity (Wildman–Crippen MR) is 98.1 cm³/mol. The molecule has 0 fully saturated rings. The zero-order chi connectivity index (χ0) is 16.8. The van der Waals surface area contributed by atoms with Gasteiger partial charge in [-0.15, -0.1) is 0 Å². The predicted octanol–water partition coefficient (Wildman–Crippen LogP) is 5.04. The van der Waals surface area contributed by atoms with Crippen LogP contribution in [0.1, 0.15) is 12.0 Å². The van der Waals surface area contributed by atoms with E-state index in [4.69, 9.17) is 16.3 Å². The number of nitrogens with zero attached hydrogens (tertiary/aromatic N) is 2. The Morgan fingerprint density at radius 2 is 1.46 bits per heavy atom. The average Bonchev–Trinajstić information content (AvgIpc) is 2.63. The maximum atomic E-state index is 5.91. The molecule has 0 saturated carbocycles. The highest BCUT2D eigenvalue weighted by molar-refractivity contribution is 6.30. The van der Waals surface area contributed by atoms with Crippen molar-refractivity contribution in [3.8, 4) is 22.5 Å². The Labute approximate surface area is 147 Å². The van der Waals surface area contributed by atoms with Crippen LogP contribution in [0.4, 0.5) is 0 Å². The third-order valence-electron chi connectivity index (χ3n) is 3.86. The summed E-state index contributed by atoms with van der Waals surface area (Å²) >= 11 is 5.91. The van der Waals surface area contributed by atoms with Crippen LogP contribution < -0.4 is 0 Å². The Morgan fingerprint density at radius 3 is 2.08 bits per heavy atom. The zero-order valence-electron chi connectivity index (χ0n) is 13.6. The average molecular weight is 339 g/mol. The molecule has 0 bridgehead atoms. The Bertz CT molecular complexity index is 768. The van der Waals surface area contributed by atoms with E-state index in [1.54, 1.807) is 7.11 Å². The van der Waals surface area contributed by atoms with Gasteiger partial charge in [0.05, 0.1) is 0 Å². The smallest absolute Gasteiger partial charge is 0.159 e. The number of halogens is 1. The van der Waals surface area contributed by atoms with Gasteiger partial charge in [0.2, 0.25) is 0 Å². The zero-order valence-corrected chi connectivity index (χ0v) is 14.3. The van der Waals surface area contributed by atoms with Gasteiger partial charge in [-0.25, -0.2) is 9.97 Å². The molecule has 1 aromatic heterocycles. The van der Waals surface area contributed by atoms with Gasteiger partial charge in [-0.3, -0.25) is 0 Å². The second-order valence-corrected chi connectivity index (χ2v) is 6.03. The number of aryl methyl sites for hydroxylation is 1.